The van der Waals surface area contributed by atoms with Crippen molar-refractivity contribution in [1.82, 2.24) is 0 Å². The Hall–Kier alpha value is 0.690. The minimum absolute atomic E-state index is 0. The molecule has 1 aromatic carbocycles. The number of hydrogen-bond acceptors (Lipinski definition) is 3. The molecule has 0 fully saturated rings. The topological polar surface area (TPSA) is 40.1 Å². The molecule has 0 N–H and O–H groups in total. The van der Waals surface area contributed by atoms with E-state index in [2.05, 4.69) is 12.2 Å². The summed E-state index contributed by atoms with van der Waals surface area (Å²) in [6, 6.07) is 9.10. The summed E-state index contributed by atoms with van der Waals surface area (Å²) in [4.78, 5) is 10.4. The van der Waals surface area contributed by atoms with E-state index >= 15 is 0 Å². The fraction of sp³-hybridized carbons (Fsp3) is 0.125. The molecule has 1 atom stereocenters. The quantitative estimate of drug-likeness (QED) is 0.365. The summed E-state index contributed by atoms with van der Waals surface area (Å²) >= 11 is 9.36. The Labute approximate surface area is 116 Å². The van der Waals surface area contributed by atoms with Gasteiger partial charge in [-0.2, -0.15) is 0 Å². The van der Waals surface area contributed by atoms with Gasteiger partial charge in [-0.05, 0) is 5.30 Å². The minimum Gasteiger partial charge on any atom is -0.550 e. The van der Waals surface area contributed by atoms with Gasteiger partial charge in [-0.15, -0.1) is 12.2 Å². The van der Waals surface area contributed by atoms with Gasteiger partial charge in [0.1, 0.15) is 0 Å². The maximum atomic E-state index is 10.4. The zero-order valence-corrected chi connectivity index (χ0v) is 12.3. The maximum Gasteiger partial charge on any atom is 1.00 e. The van der Waals surface area contributed by atoms with Gasteiger partial charge in [-0.1, -0.05) is 42.1 Å². The summed E-state index contributed by atoms with van der Waals surface area (Å²) < 4.78 is 0. The average Bonchev–Trinajstić information content (AvgIpc) is 2.04. The van der Waals surface area contributed by atoms with Crippen LogP contribution in [0, 0.1) is 0 Å². The molecule has 0 aliphatic heterocycles. The van der Waals surface area contributed by atoms with Crippen molar-refractivity contribution >= 4 is 40.6 Å². The molecule has 2 nitrogen and oxygen atoms in total. The summed E-state index contributed by atoms with van der Waals surface area (Å²) in [5.41, 5.74) is 0. The molecule has 0 amide bonds. The first-order valence-corrected chi connectivity index (χ1v) is 7.74. The largest absolute Gasteiger partial charge is 1.00 e. The summed E-state index contributed by atoms with van der Waals surface area (Å²) in [5.74, 6) is -1.14. The molecule has 14 heavy (non-hydrogen) atoms. The van der Waals surface area contributed by atoms with Crippen molar-refractivity contribution in [1.29, 1.82) is 0 Å². The van der Waals surface area contributed by atoms with Crippen molar-refractivity contribution in [2.24, 2.45) is 0 Å². The van der Waals surface area contributed by atoms with E-state index in [4.69, 9.17) is 11.8 Å². The van der Waals surface area contributed by atoms with Crippen LogP contribution in [0.1, 0.15) is 0 Å². The number of carbonyl (C=O) groups is 1. The van der Waals surface area contributed by atoms with Crippen molar-refractivity contribution in [3.05, 3.63) is 30.3 Å². The number of aliphatic carboxylic acids is 1. The smallest absolute Gasteiger partial charge is 0.550 e. The molecule has 6 heteroatoms. The first-order chi connectivity index (χ1) is 6.02. The van der Waals surface area contributed by atoms with Crippen molar-refractivity contribution in [2.45, 2.75) is 0 Å². The first-order valence-electron chi connectivity index (χ1n) is 3.59. The molecule has 70 valence electrons. The van der Waals surface area contributed by atoms with Crippen LogP contribution in [-0.2, 0) is 16.6 Å². The van der Waals surface area contributed by atoms with Gasteiger partial charge in [-0.25, -0.2) is 0 Å². The van der Waals surface area contributed by atoms with Crippen LogP contribution in [-0.4, -0.2) is 12.1 Å². The molecule has 1 rings (SSSR count). The summed E-state index contributed by atoms with van der Waals surface area (Å²) in [6.45, 7) is 0. The van der Waals surface area contributed by atoms with E-state index < -0.39 is 11.2 Å². The van der Waals surface area contributed by atoms with Gasteiger partial charge in [0.25, 0.3) is 0 Å². The van der Waals surface area contributed by atoms with Crippen molar-refractivity contribution in [3.8, 4) is 0 Å². The number of carboxylic acids is 1. The summed E-state index contributed by atoms with van der Waals surface area (Å²) in [5, 5.41) is 8.97. The van der Waals surface area contributed by atoms with Gasteiger partial charge in [0, 0.05) is 17.4 Å². The van der Waals surface area contributed by atoms with E-state index in [1.54, 1.807) is 12.1 Å². The Bertz CT molecular complexity index is 356. The molecule has 0 aliphatic rings. The van der Waals surface area contributed by atoms with Gasteiger partial charge in [0.2, 0.25) is 0 Å². The van der Waals surface area contributed by atoms with E-state index in [1.165, 1.54) is 0 Å². The molecule has 0 spiro atoms. The zero-order chi connectivity index (χ0) is 9.90. The number of rotatable bonds is 3. The van der Waals surface area contributed by atoms with Gasteiger partial charge in [0.05, 0.1) is 0 Å². The summed E-state index contributed by atoms with van der Waals surface area (Å²) in [6.07, 6.45) is -0.157. The van der Waals surface area contributed by atoms with E-state index in [-0.39, 0.29) is 35.7 Å². The third-order valence-electron chi connectivity index (χ3n) is 1.50. The average molecular weight is 254 g/mol. The fourth-order valence-electron chi connectivity index (χ4n) is 0.927. The van der Waals surface area contributed by atoms with Crippen LogP contribution in [0.5, 0.6) is 0 Å². The van der Waals surface area contributed by atoms with Gasteiger partial charge in [-0.3, -0.25) is 0 Å². The van der Waals surface area contributed by atoms with Crippen LogP contribution in [0.2, 0.25) is 0 Å². The molecule has 0 aromatic heterocycles. The SMILES string of the molecule is O=C([O-])CP(=S)(S)c1ccccc1.[Na+]. The molecule has 0 heterocycles. The fourth-order valence-corrected chi connectivity index (χ4v) is 3.53. The second kappa shape index (κ2) is 6.31. The van der Waals surface area contributed by atoms with E-state index in [1.807, 2.05) is 18.2 Å². The van der Waals surface area contributed by atoms with Crippen LogP contribution in [0.25, 0.3) is 0 Å². The van der Waals surface area contributed by atoms with Crippen LogP contribution in [0.15, 0.2) is 30.3 Å². The predicted octanol–water partition coefficient (Wildman–Crippen LogP) is -2.61. The number of hydrogen-bond donors (Lipinski definition) is 1. The Morgan fingerprint density at radius 3 is 2.36 bits per heavy atom. The Balaban J connectivity index is 0.00000169. The molecule has 0 bridgehead atoms. The molecular weight excluding hydrogens is 246 g/mol. The van der Waals surface area contributed by atoms with Crippen molar-refractivity contribution in [3.63, 3.8) is 0 Å². The van der Waals surface area contributed by atoms with E-state index in [0.717, 1.165) is 5.30 Å². The molecule has 0 saturated heterocycles. The van der Waals surface area contributed by atoms with Crippen molar-refractivity contribution in [2.75, 3.05) is 6.16 Å². The molecular formula is C8H8NaO2PS2. The minimum atomic E-state index is -2.24. The van der Waals surface area contributed by atoms with Gasteiger partial charge in [0.15, 0.2) is 0 Å². The van der Waals surface area contributed by atoms with Crippen LogP contribution < -0.4 is 40.0 Å². The first kappa shape index (κ1) is 14.7. The normalized spacial score (nSPS) is 13.8. The summed E-state index contributed by atoms with van der Waals surface area (Å²) in [7, 11) is 0. The third-order valence-corrected chi connectivity index (χ3v) is 5.43. The number of thiol groups is 1. The molecule has 0 radical (unpaired) electrons. The Kier molecular flexibility index (Phi) is 6.62. The van der Waals surface area contributed by atoms with Gasteiger partial charge < -0.3 is 9.90 Å². The zero-order valence-electron chi connectivity index (χ0n) is 7.71. The predicted molar refractivity (Wildman–Crippen MR) is 59.2 cm³/mol. The maximum absolute atomic E-state index is 10.4. The standard InChI is InChI=1S/C8H9O2PS2.Na/c9-8(10)6-11(12,13)7-4-2-1-3-5-7;/h1-5H,6H2,(H,9,10)(H,12,13);/q;+1/p-1. The molecule has 0 saturated carbocycles. The molecule has 1 aromatic rings. The van der Waals surface area contributed by atoms with Gasteiger partial charge >= 0.3 is 29.6 Å². The van der Waals surface area contributed by atoms with E-state index in [0.29, 0.717) is 0 Å². The molecule has 0 aliphatic carbocycles. The van der Waals surface area contributed by atoms with Crippen LogP contribution in [0.3, 0.4) is 0 Å². The van der Waals surface area contributed by atoms with Crippen molar-refractivity contribution < 1.29 is 39.5 Å². The van der Waals surface area contributed by atoms with Crippen LogP contribution in [0.4, 0.5) is 0 Å². The monoisotopic (exact) mass is 254 g/mol. The Morgan fingerprint density at radius 2 is 1.93 bits per heavy atom. The molecule has 1 unspecified atom stereocenters. The Morgan fingerprint density at radius 1 is 1.43 bits per heavy atom. The number of carboxylic acid groups (broad SMARTS) is 1. The van der Waals surface area contributed by atoms with E-state index in [9.17, 15) is 9.90 Å². The second-order valence-corrected chi connectivity index (χ2v) is 9.53. The van der Waals surface area contributed by atoms with Crippen LogP contribution >= 0.6 is 17.5 Å². The third kappa shape index (κ3) is 4.47. The second-order valence-electron chi connectivity index (χ2n) is 2.57. The number of benzene rings is 1. The number of carbonyl (C=O) groups excluding carboxylic acids is 1.